The number of nitrogens with zero attached hydrogens (tertiary/aromatic N) is 1. The van der Waals surface area contributed by atoms with E-state index in [4.69, 9.17) is 10.5 Å². The van der Waals surface area contributed by atoms with Gasteiger partial charge in [-0.3, -0.25) is 4.90 Å². The Bertz CT molecular complexity index is 626. The fraction of sp³-hybridized carbons (Fsp3) is 0.444. The van der Waals surface area contributed by atoms with E-state index in [1.807, 2.05) is 6.07 Å². The minimum atomic E-state index is 0.231. The first kappa shape index (κ1) is 14.4. The van der Waals surface area contributed by atoms with E-state index < -0.39 is 0 Å². The van der Waals surface area contributed by atoms with Crippen molar-refractivity contribution in [3.63, 3.8) is 0 Å². The normalized spacial score (nSPS) is 23.4. The lowest BCUT2D eigenvalue weighted by atomic mass is 9.90. The van der Waals surface area contributed by atoms with Crippen LogP contribution in [0.15, 0.2) is 36.4 Å². The third kappa shape index (κ3) is 2.76. The lowest BCUT2D eigenvalue weighted by Crippen LogP contribution is -2.45. The molecule has 1 saturated heterocycles. The number of methoxy groups -OCH3 is 1. The topological polar surface area (TPSA) is 38.5 Å². The van der Waals surface area contributed by atoms with Gasteiger partial charge in [0.15, 0.2) is 0 Å². The van der Waals surface area contributed by atoms with Gasteiger partial charge in [-0.1, -0.05) is 25.1 Å². The summed E-state index contributed by atoms with van der Waals surface area (Å²) >= 11 is 0. The first-order chi connectivity index (χ1) is 10.2. The number of likely N-dealkylation sites (tertiary alicyclic amines) is 1. The highest BCUT2D eigenvalue weighted by atomic mass is 16.5. The number of nitrogens with two attached hydrogens (primary N) is 1. The lowest BCUT2D eigenvalue weighted by Gasteiger charge is -2.39. The lowest BCUT2D eigenvalue weighted by molar-refractivity contribution is 0.136. The molecule has 2 unspecified atom stereocenters. The van der Waals surface area contributed by atoms with Crippen molar-refractivity contribution in [2.24, 2.45) is 5.73 Å². The van der Waals surface area contributed by atoms with Crippen LogP contribution in [0.2, 0.25) is 0 Å². The number of likely N-dealkylation sites (N-methyl/N-ethyl adjacent to an activating group) is 1. The summed E-state index contributed by atoms with van der Waals surface area (Å²) in [5.74, 6) is 0.903. The molecule has 0 aliphatic carbocycles. The summed E-state index contributed by atoms with van der Waals surface area (Å²) in [6.07, 6.45) is 2.32. The summed E-state index contributed by atoms with van der Waals surface area (Å²) in [6.45, 7) is 4.42. The van der Waals surface area contributed by atoms with Crippen molar-refractivity contribution in [2.45, 2.75) is 31.8 Å². The molecule has 0 aromatic heterocycles. The van der Waals surface area contributed by atoms with E-state index in [0.29, 0.717) is 6.04 Å². The molecule has 0 amide bonds. The molecule has 3 rings (SSSR count). The maximum absolute atomic E-state index is 6.41. The Morgan fingerprint density at radius 1 is 1.19 bits per heavy atom. The second-order valence-corrected chi connectivity index (χ2v) is 5.85. The molecule has 1 heterocycles. The maximum atomic E-state index is 6.41. The Labute approximate surface area is 126 Å². The van der Waals surface area contributed by atoms with Crippen LogP contribution in [-0.2, 0) is 0 Å². The Kier molecular flexibility index (Phi) is 4.13. The molecule has 2 N–H and O–H groups in total. The van der Waals surface area contributed by atoms with Crippen LogP contribution >= 0.6 is 0 Å². The molecule has 2 aromatic rings. The van der Waals surface area contributed by atoms with Gasteiger partial charge < -0.3 is 10.5 Å². The van der Waals surface area contributed by atoms with Gasteiger partial charge in [0.25, 0.3) is 0 Å². The number of benzene rings is 2. The Morgan fingerprint density at radius 3 is 2.71 bits per heavy atom. The molecule has 2 atom stereocenters. The van der Waals surface area contributed by atoms with Crippen LogP contribution in [0.25, 0.3) is 10.8 Å². The van der Waals surface area contributed by atoms with E-state index in [-0.39, 0.29) is 6.04 Å². The molecule has 112 valence electrons. The average molecular weight is 284 g/mol. The molecule has 1 aliphatic rings. The molecule has 21 heavy (non-hydrogen) atoms. The number of hydrogen-bond donors (Lipinski definition) is 1. The summed E-state index contributed by atoms with van der Waals surface area (Å²) in [6, 6.07) is 13.5. The molecular weight excluding hydrogens is 260 g/mol. The molecule has 2 aromatic carbocycles. The zero-order valence-corrected chi connectivity index (χ0v) is 12.9. The first-order valence-corrected chi connectivity index (χ1v) is 7.80. The molecule has 3 heteroatoms. The second kappa shape index (κ2) is 6.04. The first-order valence-electron chi connectivity index (χ1n) is 7.80. The van der Waals surface area contributed by atoms with E-state index >= 15 is 0 Å². The minimum absolute atomic E-state index is 0.231. The van der Waals surface area contributed by atoms with E-state index in [2.05, 4.69) is 42.2 Å². The summed E-state index contributed by atoms with van der Waals surface area (Å²) in [5.41, 5.74) is 7.74. The van der Waals surface area contributed by atoms with Crippen molar-refractivity contribution in [3.05, 3.63) is 42.0 Å². The zero-order chi connectivity index (χ0) is 14.8. The van der Waals surface area contributed by atoms with Crippen molar-refractivity contribution in [2.75, 3.05) is 20.2 Å². The number of ether oxygens (including phenoxy) is 1. The monoisotopic (exact) mass is 284 g/mol. The van der Waals surface area contributed by atoms with E-state index in [1.54, 1.807) is 7.11 Å². The molecule has 0 spiro atoms. The highest BCUT2D eigenvalue weighted by Gasteiger charge is 2.29. The van der Waals surface area contributed by atoms with Crippen LogP contribution in [0.4, 0.5) is 0 Å². The second-order valence-electron chi connectivity index (χ2n) is 5.85. The number of fused-ring (bicyclic) bond motifs is 1. The largest absolute Gasteiger partial charge is 0.497 e. The summed E-state index contributed by atoms with van der Waals surface area (Å²) in [7, 11) is 1.70. The van der Waals surface area contributed by atoms with Gasteiger partial charge in [0, 0.05) is 12.1 Å². The molecule has 1 fully saturated rings. The molecule has 0 radical (unpaired) electrons. The highest BCUT2D eigenvalue weighted by Crippen LogP contribution is 2.32. The molecule has 0 saturated carbocycles. The smallest absolute Gasteiger partial charge is 0.119 e. The Hall–Kier alpha value is -1.58. The van der Waals surface area contributed by atoms with Gasteiger partial charge >= 0.3 is 0 Å². The van der Waals surface area contributed by atoms with Crippen LogP contribution in [0.1, 0.15) is 31.4 Å². The standard InChI is InChI=1S/C18H24N2O/c1-3-20-10-4-5-17(19)18(20)15-7-6-14-12-16(21-2)9-8-13(14)11-15/h6-9,11-12,17-18H,3-5,10,19H2,1-2H3. The molecular formula is C18H24N2O. The van der Waals surface area contributed by atoms with E-state index in [1.165, 1.54) is 22.8 Å². The predicted molar refractivity (Wildman–Crippen MR) is 87.7 cm³/mol. The predicted octanol–water partition coefficient (Wildman–Crippen LogP) is 3.33. The van der Waals surface area contributed by atoms with Gasteiger partial charge in [-0.05, 0) is 60.5 Å². The Balaban J connectivity index is 1.99. The summed E-state index contributed by atoms with van der Waals surface area (Å²) in [5, 5.41) is 2.47. The van der Waals surface area contributed by atoms with E-state index in [9.17, 15) is 0 Å². The third-order valence-electron chi connectivity index (χ3n) is 4.60. The number of hydrogen-bond acceptors (Lipinski definition) is 3. The highest BCUT2D eigenvalue weighted by molar-refractivity contribution is 5.84. The Morgan fingerprint density at radius 2 is 1.95 bits per heavy atom. The SMILES string of the molecule is CCN1CCCC(N)C1c1ccc2cc(OC)ccc2c1. The fourth-order valence-electron chi connectivity index (χ4n) is 3.46. The van der Waals surface area contributed by atoms with Crippen LogP contribution < -0.4 is 10.5 Å². The van der Waals surface area contributed by atoms with Crippen LogP contribution in [-0.4, -0.2) is 31.1 Å². The van der Waals surface area contributed by atoms with Gasteiger partial charge in [0.05, 0.1) is 7.11 Å². The molecule has 0 bridgehead atoms. The van der Waals surface area contributed by atoms with Crippen molar-refractivity contribution < 1.29 is 4.74 Å². The fourth-order valence-corrected chi connectivity index (χ4v) is 3.46. The number of piperidine rings is 1. The van der Waals surface area contributed by atoms with Gasteiger partial charge in [0.2, 0.25) is 0 Å². The van der Waals surface area contributed by atoms with Gasteiger partial charge in [-0.15, -0.1) is 0 Å². The third-order valence-corrected chi connectivity index (χ3v) is 4.60. The van der Waals surface area contributed by atoms with Crippen molar-refractivity contribution >= 4 is 10.8 Å². The average Bonchev–Trinajstić information content (AvgIpc) is 2.53. The van der Waals surface area contributed by atoms with Crippen molar-refractivity contribution in [3.8, 4) is 5.75 Å². The quantitative estimate of drug-likeness (QED) is 0.939. The summed E-state index contributed by atoms with van der Waals surface area (Å²) < 4.78 is 5.29. The summed E-state index contributed by atoms with van der Waals surface area (Å²) in [4.78, 5) is 2.50. The van der Waals surface area contributed by atoms with E-state index in [0.717, 1.165) is 25.3 Å². The molecule has 3 nitrogen and oxygen atoms in total. The van der Waals surface area contributed by atoms with Gasteiger partial charge in [-0.2, -0.15) is 0 Å². The minimum Gasteiger partial charge on any atom is -0.497 e. The van der Waals surface area contributed by atoms with Gasteiger partial charge in [-0.25, -0.2) is 0 Å². The zero-order valence-electron chi connectivity index (χ0n) is 12.9. The van der Waals surface area contributed by atoms with Crippen molar-refractivity contribution in [1.82, 2.24) is 4.90 Å². The van der Waals surface area contributed by atoms with Crippen LogP contribution in [0.3, 0.4) is 0 Å². The number of rotatable bonds is 3. The van der Waals surface area contributed by atoms with Crippen LogP contribution in [0, 0.1) is 0 Å². The maximum Gasteiger partial charge on any atom is 0.119 e. The van der Waals surface area contributed by atoms with Crippen molar-refractivity contribution in [1.29, 1.82) is 0 Å². The van der Waals surface area contributed by atoms with Gasteiger partial charge in [0.1, 0.15) is 5.75 Å². The molecule has 1 aliphatic heterocycles. The van der Waals surface area contributed by atoms with Crippen LogP contribution in [0.5, 0.6) is 5.75 Å².